The van der Waals surface area contributed by atoms with Crippen LogP contribution in [0.4, 0.5) is 0 Å². The topological polar surface area (TPSA) is 78.0 Å². The third-order valence-electron chi connectivity index (χ3n) is 3.65. The molecule has 10 heteroatoms. The van der Waals surface area contributed by atoms with Gasteiger partial charge in [0.25, 0.3) is 0 Å². The maximum Gasteiger partial charge on any atom is 0.216 e. The van der Waals surface area contributed by atoms with Gasteiger partial charge < -0.3 is 0 Å². The summed E-state index contributed by atoms with van der Waals surface area (Å²) in [7, 11) is -4.95. The average molecular weight is 343 g/mol. The molecule has 0 spiro atoms. The van der Waals surface area contributed by atoms with Crippen LogP contribution in [0.2, 0.25) is 0 Å². The Morgan fingerprint density at radius 3 is 1.50 bits per heavy atom. The molecule has 7 nitrogen and oxygen atoms in total. The molecular weight excluding hydrogens is 321 g/mol. The highest BCUT2D eigenvalue weighted by Gasteiger charge is 2.56. The van der Waals surface area contributed by atoms with E-state index in [1.807, 2.05) is 0 Å². The van der Waals surface area contributed by atoms with Crippen molar-refractivity contribution in [2.24, 2.45) is 0 Å². The number of hydrogen-bond acceptors (Lipinski definition) is 5. The van der Waals surface area contributed by atoms with E-state index in [1.54, 1.807) is 18.8 Å². The third kappa shape index (κ3) is 2.89. The molecule has 2 aliphatic rings. The molecule has 0 aromatic carbocycles. The molecule has 1 aliphatic heterocycles. The lowest BCUT2D eigenvalue weighted by Crippen LogP contribution is -2.42. The second-order valence-electron chi connectivity index (χ2n) is 5.61. The highest BCUT2D eigenvalue weighted by atomic mass is 32.2. The predicted octanol–water partition coefficient (Wildman–Crippen LogP) is 0.623. The summed E-state index contributed by atoms with van der Waals surface area (Å²) in [6, 6.07) is -0.441. The molecule has 1 saturated carbocycles. The Labute approximate surface area is 122 Å². The maximum atomic E-state index is 12.2. The van der Waals surface area contributed by atoms with Crippen LogP contribution in [0.3, 0.4) is 0 Å². The van der Waals surface area contributed by atoms with Gasteiger partial charge in [-0.25, -0.2) is 16.8 Å². The smallest absolute Gasteiger partial charge is 0.216 e. The number of rotatable bonds is 3. The molecule has 1 aliphatic carbocycles. The summed E-state index contributed by atoms with van der Waals surface area (Å²) in [6.07, 6.45) is 5.70. The molecule has 20 heavy (non-hydrogen) atoms. The van der Waals surface area contributed by atoms with Crippen molar-refractivity contribution in [1.29, 1.82) is 0 Å². The van der Waals surface area contributed by atoms with Gasteiger partial charge in [0.2, 0.25) is 20.0 Å². The Bertz CT molecular complexity index is 529. The van der Waals surface area contributed by atoms with Gasteiger partial charge in [-0.15, -0.1) is 8.15 Å². The van der Waals surface area contributed by atoms with Crippen LogP contribution in [-0.2, 0) is 20.0 Å². The molecule has 0 amide bonds. The molecule has 0 aromatic rings. The minimum absolute atomic E-state index is 0.220. The van der Waals surface area contributed by atoms with Crippen LogP contribution in [0.25, 0.3) is 0 Å². The first kappa shape index (κ1) is 16.6. The van der Waals surface area contributed by atoms with E-state index in [-0.39, 0.29) is 12.1 Å². The predicted molar refractivity (Wildman–Crippen MR) is 80.0 cm³/mol. The lowest BCUT2D eigenvalue weighted by atomic mass is 9.92. The molecule has 0 N–H and O–H groups in total. The standard InChI is InChI=1S/C10H22N3O4PS2/c1-11(2)18-12(19(3,14)15)9-7-5-6-8-10(9)13(18)20(4,16)17/h9-10H,5-8H2,1-4H3/t9-,10-/m1/s1. The highest BCUT2D eigenvalue weighted by Crippen LogP contribution is 2.60. The van der Waals surface area contributed by atoms with Crippen molar-refractivity contribution in [3.63, 3.8) is 0 Å². The van der Waals surface area contributed by atoms with Crippen molar-refractivity contribution in [2.45, 2.75) is 37.8 Å². The van der Waals surface area contributed by atoms with Crippen LogP contribution < -0.4 is 0 Å². The summed E-state index contributed by atoms with van der Waals surface area (Å²) in [4.78, 5) is 0. The first-order valence-electron chi connectivity index (χ1n) is 6.51. The van der Waals surface area contributed by atoms with Crippen molar-refractivity contribution < 1.29 is 16.8 Å². The maximum absolute atomic E-state index is 12.2. The molecule has 2 atom stereocenters. The van der Waals surface area contributed by atoms with E-state index in [4.69, 9.17) is 0 Å². The van der Waals surface area contributed by atoms with E-state index in [2.05, 4.69) is 0 Å². The average Bonchev–Trinajstić information content (AvgIpc) is 2.62. The third-order valence-corrected chi connectivity index (χ3v) is 10.2. The lowest BCUT2D eigenvalue weighted by molar-refractivity contribution is 0.280. The van der Waals surface area contributed by atoms with Gasteiger partial charge >= 0.3 is 0 Å². The second-order valence-corrected chi connectivity index (χ2v) is 12.1. The SMILES string of the molecule is CN(C)P1N(S(C)(=O)=O)[C@@H]2CCCC[C@H]2N1S(C)(=O)=O. The van der Waals surface area contributed by atoms with Crippen molar-refractivity contribution >= 4 is 28.4 Å². The van der Waals surface area contributed by atoms with Crippen molar-refractivity contribution in [3.05, 3.63) is 0 Å². The fourth-order valence-corrected chi connectivity index (χ4v) is 10.1. The molecular formula is C10H22N3O4PS2. The molecule has 1 saturated heterocycles. The van der Waals surface area contributed by atoms with Crippen LogP contribution in [0, 0.1) is 0 Å². The van der Waals surface area contributed by atoms with Crippen molar-refractivity contribution in [1.82, 2.24) is 12.8 Å². The Morgan fingerprint density at radius 2 is 1.25 bits per heavy atom. The van der Waals surface area contributed by atoms with Crippen molar-refractivity contribution in [2.75, 3.05) is 26.6 Å². The van der Waals surface area contributed by atoms with Gasteiger partial charge in [-0.05, 0) is 26.9 Å². The first-order chi connectivity index (χ1) is 9.05. The zero-order chi connectivity index (χ0) is 15.3. The number of nitrogens with zero attached hydrogens (tertiary/aromatic N) is 3. The van der Waals surface area contributed by atoms with E-state index in [1.165, 1.54) is 20.7 Å². The van der Waals surface area contributed by atoms with Gasteiger partial charge in [0.1, 0.15) is 8.37 Å². The zero-order valence-corrected chi connectivity index (χ0v) is 14.7. The Balaban J connectivity index is 2.56. The van der Waals surface area contributed by atoms with Gasteiger partial charge in [-0.1, -0.05) is 12.8 Å². The fraction of sp³-hybridized carbons (Fsp3) is 1.00. The Morgan fingerprint density at radius 1 is 0.900 bits per heavy atom. The van der Waals surface area contributed by atoms with Crippen LogP contribution in [0.5, 0.6) is 0 Å². The van der Waals surface area contributed by atoms with Crippen LogP contribution in [0.15, 0.2) is 0 Å². The highest BCUT2D eigenvalue weighted by molar-refractivity contribution is 7.98. The largest absolute Gasteiger partial charge is 0.262 e. The molecule has 118 valence electrons. The quantitative estimate of drug-likeness (QED) is 0.702. The van der Waals surface area contributed by atoms with E-state index >= 15 is 0 Å². The van der Waals surface area contributed by atoms with E-state index in [0.29, 0.717) is 0 Å². The first-order valence-corrected chi connectivity index (χ1v) is 11.4. The minimum atomic E-state index is -3.45. The van der Waals surface area contributed by atoms with Gasteiger partial charge in [0.15, 0.2) is 0 Å². The minimum Gasteiger partial charge on any atom is -0.262 e. The van der Waals surface area contributed by atoms with Crippen molar-refractivity contribution in [3.8, 4) is 0 Å². The molecule has 0 radical (unpaired) electrons. The summed E-state index contributed by atoms with van der Waals surface area (Å²) in [5.74, 6) is 0. The summed E-state index contributed by atoms with van der Waals surface area (Å²) in [6.45, 7) is 0. The van der Waals surface area contributed by atoms with Gasteiger partial charge in [-0.2, -0.15) is 0 Å². The number of fused-ring (bicyclic) bond motifs is 1. The fourth-order valence-electron chi connectivity index (χ4n) is 3.07. The monoisotopic (exact) mass is 343 g/mol. The summed E-state index contributed by atoms with van der Waals surface area (Å²) in [5, 5.41) is 0. The number of hydrogen-bond donors (Lipinski definition) is 0. The molecule has 0 aromatic heterocycles. The summed E-state index contributed by atoms with van der Waals surface area (Å²) < 4.78 is 53.3. The van der Waals surface area contributed by atoms with E-state index < -0.39 is 28.4 Å². The summed E-state index contributed by atoms with van der Waals surface area (Å²) in [5.41, 5.74) is 0. The van der Waals surface area contributed by atoms with Crippen LogP contribution in [-0.4, -0.2) is 68.3 Å². The zero-order valence-electron chi connectivity index (χ0n) is 12.2. The van der Waals surface area contributed by atoms with Crippen LogP contribution >= 0.6 is 8.37 Å². The molecule has 2 rings (SSSR count). The lowest BCUT2D eigenvalue weighted by Gasteiger charge is -2.32. The Hall–Kier alpha value is 0.210. The molecule has 0 unspecified atom stereocenters. The van der Waals surface area contributed by atoms with Gasteiger partial charge in [0, 0.05) is 12.1 Å². The number of sulfonamides is 2. The molecule has 0 bridgehead atoms. The second kappa shape index (κ2) is 5.44. The van der Waals surface area contributed by atoms with Gasteiger partial charge in [-0.3, -0.25) is 4.67 Å². The molecule has 2 fully saturated rings. The summed E-state index contributed by atoms with van der Waals surface area (Å²) >= 11 is 0. The van der Waals surface area contributed by atoms with E-state index in [0.717, 1.165) is 25.7 Å². The van der Waals surface area contributed by atoms with E-state index in [9.17, 15) is 16.8 Å². The Kier molecular flexibility index (Phi) is 4.51. The van der Waals surface area contributed by atoms with Crippen LogP contribution in [0.1, 0.15) is 25.7 Å². The van der Waals surface area contributed by atoms with Gasteiger partial charge in [0.05, 0.1) is 12.5 Å². The normalized spacial score (nSPS) is 30.9. The molecule has 1 heterocycles.